The highest BCUT2D eigenvalue weighted by Crippen LogP contribution is 2.39. The van der Waals surface area contributed by atoms with Gasteiger partial charge in [-0.25, -0.2) is 4.39 Å². The van der Waals surface area contributed by atoms with E-state index in [2.05, 4.69) is 13.8 Å². The number of nitrogens with zero attached hydrogens (tertiary/aromatic N) is 1. The average molecular weight is 486 g/mol. The third-order valence-electron chi connectivity index (χ3n) is 6.37. The number of fused-ring (bicyclic) bond motifs is 1. The van der Waals surface area contributed by atoms with Crippen LogP contribution < -0.4 is 4.74 Å². The predicted octanol–water partition coefficient (Wildman–Crippen LogP) is 7.55. The first-order valence-electron chi connectivity index (χ1n) is 12.3. The maximum Gasteiger partial charge on any atom is 0.305 e. The Labute approximate surface area is 212 Å². The van der Waals surface area contributed by atoms with E-state index in [4.69, 9.17) is 14.5 Å². The highest BCUT2D eigenvalue weighted by Gasteiger charge is 2.20. The summed E-state index contributed by atoms with van der Waals surface area (Å²) in [5.41, 5.74) is 6.58. The van der Waals surface area contributed by atoms with Crippen molar-refractivity contribution in [3.8, 4) is 16.9 Å². The van der Waals surface area contributed by atoms with Gasteiger partial charge in [0.25, 0.3) is 0 Å². The standard InChI is InChI=1S/C31H32FNO3/c1-20(2)30-27(11-8-12-29(34)35-4)33-28-18-24(36-19-22-9-6-5-7-10-22)14-15-25(28)31(30)23-13-16-26(32)21(3)17-23/h5-7,9-10,13-18,20H,8,11-12,19H2,1-4H3. The van der Waals surface area contributed by atoms with E-state index in [-0.39, 0.29) is 17.7 Å². The molecule has 36 heavy (non-hydrogen) atoms. The number of carbonyl (C=O) groups is 1. The van der Waals surface area contributed by atoms with E-state index in [9.17, 15) is 9.18 Å². The summed E-state index contributed by atoms with van der Waals surface area (Å²) >= 11 is 0. The van der Waals surface area contributed by atoms with Gasteiger partial charge in [0.2, 0.25) is 0 Å². The van der Waals surface area contributed by atoms with Crippen LogP contribution in [0.2, 0.25) is 0 Å². The quantitative estimate of drug-likeness (QED) is 0.230. The minimum Gasteiger partial charge on any atom is -0.489 e. The largest absolute Gasteiger partial charge is 0.489 e. The molecule has 4 aromatic rings. The summed E-state index contributed by atoms with van der Waals surface area (Å²) in [5.74, 6) is 0.466. The molecule has 4 rings (SSSR count). The number of halogens is 1. The first kappa shape index (κ1) is 25.4. The molecule has 0 aliphatic carbocycles. The molecule has 0 saturated heterocycles. The van der Waals surface area contributed by atoms with Gasteiger partial charge in [-0.05, 0) is 77.8 Å². The van der Waals surface area contributed by atoms with E-state index in [0.717, 1.165) is 44.6 Å². The topological polar surface area (TPSA) is 48.4 Å². The summed E-state index contributed by atoms with van der Waals surface area (Å²) in [6.45, 7) is 6.53. The number of pyridine rings is 1. The molecule has 0 fully saturated rings. The maximum atomic E-state index is 14.1. The molecule has 3 aromatic carbocycles. The second-order valence-electron chi connectivity index (χ2n) is 9.35. The van der Waals surface area contributed by atoms with Crippen LogP contribution in [0.25, 0.3) is 22.0 Å². The number of aromatic nitrogens is 1. The lowest BCUT2D eigenvalue weighted by atomic mass is 9.86. The Kier molecular flexibility index (Phi) is 7.99. The summed E-state index contributed by atoms with van der Waals surface area (Å²) in [7, 11) is 1.40. The van der Waals surface area contributed by atoms with Crippen LogP contribution in [-0.4, -0.2) is 18.1 Å². The van der Waals surface area contributed by atoms with Gasteiger partial charge in [-0.3, -0.25) is 9.78 Å². The third-order valence-corrected chi connectivity index (χ3v) is 6.37. The van der Waals surface area contributed by atoms with Crippen LogP contribution in [0.15, 0.2) is 66.7 Å². The van der Waals surface area contributed by atoms with Crippen molar-refractivity contribution in [2.24, 2.45) is 0 Å². The minimum atomic E-state index is -0.229. The fourth-order valence-corrected chi connectivity index (χ4v) is 4.57. The molecule has 0 radical (unpaired) electrons. The van der Waals surface area contributed by atoms with Crippen molar-refractivity contribution < 1.29 is 18.7 Å². The SMILES string of the molecule is COC(=O)CCCc1nc2cc(OCc3ccccc3)ccc2c(-c2ccc(F)c(C)c2)c1C(C)C. The summed E-state index contributed by atoms with van der Waals surface area (Å²) in [6, 6.07) is 21.3. The molecular formula is C31H32FNO3. The summed E-state index contributed by atoms with van der Waals surface area (Å²) < 4.78 is 25.0. The van der Waals surface area contributed by atoms with Gasteiger partial charge >= 0.3 is 5.97 Å². The highest BCUT2D eigenvalue weighted by molar-refractivity contribution is 5.97. The second kappa shape index (κ2) is 11.3. The molecule has 0 saturated carbocycles. The minimum absolute atomic E-state index is 0.185. The summed E-state index contributed by atoms with van der Waals surface area (Å²) in [6.07, 6.45) is 1.61. The fraction of sp³-hybridized carbons (Fsp3) is 0.290. The van der Waals surface area contributed by atoms with Gasteiger partial charge < -0.3 is 9.47 Å². The number of hydrogen-bond donors (Lipinski definition) is 0. The van der Waals surface area contributed by atoms with Crippen LogP contribution in [0, 0.1) is 12.7 Å². The molecule has 1 aromatic heterocycles. The molecule has 0 aliphatic rings. The van der Waals surface area contributed by atoms with Crippen LogP contribution >= 0.6 is 0 Å². The van der Waals surface area contributed by atoms with Gasteiger partial charge in [0.05, 0.1) is 12.6 Å². The van der Waals surface area contributed by atoms with E-state index < -0.39 is 0 Å². The van der Waals surface area contributed by atoms with Crippen molar-refractivity contribution in [3.63, 3.8) is 0 Å². The zero-order valence-electron chi connectivity index (χ0n) is 21.3. The number of methoxy groups -OCH3 is 1. The average Bonchev–Trinajstić information content (AvgIpc) is 2.88. The number of carbonyl (C=O) groups excluding carboxylic acids is 1. The molecular weight excluding hydrogens is 453 g/mol. The molecule has 0 N–H and O–H groups in total. The van der Waals surface area contributed by atoms with Crippen molar-refractivity contribution in [1.82, 2.24) is 4.98 Å². The molecule has 4 nitrogen and oxygen atoms in total. The number of benzene rings is 3. The molecule has 0 unspecified atom stereocenters. The van der Waals surface area contributed by atoms with Crippen molar-refractivity contribution in [1.29, 1.82) is 0 Å². The van der Waals surface area contributed by atoms with E-state index >= 15 is 0 Å². The molecule has 0 aliphatic heterocycles. The number of esters is 1. The highest BCUT2D eigenvalue weighted by atomic mass is 19.1. The van der Waals surface area contributed by atoms with Crippen molar-refractivity contribution >= 4 is 16.9 Å². The Balaban J connectivity index is 1.82. The lowest BCUT2D eigenvalue weighted by Gasteiger charge is -2.21. The molecule has 5 heteroatoms. The molecule has 0 atom stereocenters. The first-order valence-corrected chi connectivity index (χ1v) is 12.3. The first-order chi connectivity index (χ1) is 17.4. The van der Waals surface area contributed by atoms with Crippen LogP contribution in [0.1, 0.15) is 55.0 Å². The molecule has 0 bridgehead atoms. The third kappa shape index (κ3) is 5.73. The lowest BCUT2D eigenvalue weighted by Crippen LogP contribution is -2.07. The normalized spacial score (nSPS) is 11.2. The number of aryl methyl sites for hydroxylation is 2. The van der Waals surface area contributed by atoms with Crippen molar-refractivity contribution in [3.05, 3.63) is 94.9 Å². The Morgan fingerprint density at radius 2 is 1.81 bits per heavy atom. The monoisotopic (exact) mass is 485 g/mol. The smallest absolute Gasteiger partial charge is 0.305 e. The van der Waals surface area contributed by atoms with Crippen molar-refractivity contribution in [2.45, 2.75) is 52.6 Å². The van der Waals surface area contributed by atoms with Crippen LogP contribution in [0.3, 0.4) is 0 Å². The molecule has 186 valence electrons. The van der Waals surface area contributed by atoms with Crippen molar-refractivity contribution in [2.75, 3.05) is 7.11 Å². The van der Waals surface area contributed by atoms with Gasteiger partial charge in [0.15, 0.2) is 0 Å². The van der Waals surface area contributed by atoms with E-state index in [0.29, 0.717) is 31.4 Å². The number of ether oxygens (including phenoxy) is 2. The van der Waals surface area contributed by atoms with Gasteiger partial charge in [0, 0.05) is 23.6 Å². The Hall–Kier alpha value is -3.73. The van der Waals surface area contributed by atoms with Gasteiger partial charge in [-0.1, -0.05) is 50.2 Å². The van der Waals surface area contributed by atoms with Crippen LogP contribution in [0.5, 0.6) is 5.75 Å². The molecule has 0 spiro atoms. The van der Waals surface area contributed by atoms with Gasteiger partial charge in [-0.2, -0.15) is 0 Å². The Morgan fingerprint density at radius 3 is 2.50 bits per heavy atom. The lowest BCUT2D eigenvalue weighted by molar-refractivity contribution is -0.140. The van der Waals surface area contributed by atoms with Crippen LogP contribution in [-0.2, 0) is 22.6 Å². The summed E-state index contributed by atoms with van der Waals surface area (Å²) in [5, 5.41) is 0.994. The zero-order chi connectivity index (χ0) is 25.7. The zero-order valence-corrected chi connectivity index (χ0v) is 21.3. The van der Waals surface area contributed by atoms with Crippen LogP contribution in [0.4, 0.5) is 4.39 Å². The fourth-order valence-electron chi connectivity index (χ4n) is 4.57. The number of hydrogen-bond acceptors (Lipinski definition) is 4. The summed E-state index contributed by atoms with van der Waals surface area (Å²) in [4.78, 5) is 16.8. The van der Waals surface area contributed by atoms with E-state index in [1.807, 2.05) is 60.7 Å². The predicted molar refractivity (Wildman–Crippen MR) is 142 cm³/mol. The molecule has 1 heterocycles. The van der Waals surface area contributed by atoms with E-state index in [1.165, 1.54) is 13.2 Å². The van der Waals surface area contributed by atoms with Gasteiger partial charge in [-0.15, -0.1) is 0 Å². The second-order valence-corrected chi connectivity index (χ2v) is 9.35. The Morgan fingerprint density at radius 1 is 1.03 bits per heavy atom. The molecule has 0 amide bonds. The van der Waals surface area contributed by atoms with Gasteiger partial charge in [0.1, 0.15) is 18.2 Å². The maximum absolute atomic E-state index is 14.1. The number of rotatable bonds is 9. The Bertz CT molecular complexity index is 1370. The van der Waals surface area contributed by atoms with E-state index in [1.54, 1.807) is 6.92 Å².